The van der Waals surface area contributed by atoms with Gasteiger partial charge < -0.3 is 4.90 Å². The summed E-state index contributed by atoms with van der Waals surface area (Å²) in [6.07, 6.45) is 6.84. The molecule has 0 saturated carbocycles. The molecule has 118 valence electrons. The molecule has 1 atom stereocenters. The van der Waals surface area contributed by atoms with E-state index in [2.05, 4.69) is 11.9 Å². The third-order valence-corrected chi connectivity index (χ3v) is 6.08. The maximum absolute atomic E-state index is 12.6. The number of likely N-dealkylation sites (tertiary alicyclic amines) is 1. The van der Waals surface area contributed by atoms with Crippen molar-refractivity contribution in [1.29, 1.82) is 0 Å². The molecule has 2 aromatic rings. The second kappa shape index (κ2) is 6.26. The van der Waals surface area contributed by atoms with Crippen molar-refractivity contribution in [3.05, 3.63) is 54.4 Å². The molecule has 1 aromatic carbocycles. The van der Waals surface area contributed by atoms with Crippen molar-refractivity contribution in [1.82, 2.24) is 8.87 Å². The molecule has 5 heteroatoms. The summed E-state index contributed by atoms with van der Waals surface area (Å²) in [7, 11) is -1.32. The van der Waals surface area contributed by atoms with Gasteiger partial charge in [-0.05, 0) is 69.1 Å². The average Bonchev–Trinajstić information content (AvgIpc) is 2.93. The number of rotatable bonds is 3. The quantitative estimate of drug-likeness (QED) is 0.874. The van der Waals surface area contributed by atoms with Gasteiger partial charge in [0.05, 0.1) is 4.90 Å². The van der Waals surface area contributed by atoms with Crippen molar-refractivity contribution in [2.45, 2.75) is 30.1 Å². The Morgan fingerprint density at radius 1 is 1.05 bits per heavy atom. The molecule has 0 radical (unpaired) electrons. The fourth-order valence-electron chi connectivity index (χ4n) is 3.07. The molecule has 1 saturated heterocycles. The third-order valence-electron chi connectivity index (χ3n) is 4.43. The van der Waals surface area contributed by atoms with Crippen LogP contribution in [0.1, 0.15) is 30.7 Å². The van der Waals surface area contributed by atoms with E-state index in [1.807, 2.05) is 12.1 Å². The maximum Gasteiger partial charge on any atom is 0.267 e. The lowest BCUT2D eigenvalue weighted by atomic mass is 9.94. The summed E-state index contributed by atoms with van der Waals surface area (Å²) in [5, 5.41) is 0. The minimum absolute atomic E-state index is 0.331. The van der Waals surface area contributed by atoms with Gasteiger partial charge in [0.15, 0.2) is 0 Å². The van der Waals surface area contributed by atoms with Gasteiger partial charge in [-0.15, -0.1) is 0 Å². The molecule has 1 unspecified atom stereocenters. The van der Waals surface area contributed by atoms with Crippen molar-refractivity contribution >= 4 is 10.0 Å². The van der Waals surface area contributed by atoms with Crippen LogP contribution in [-0.2, 0) is 10.0 Å². The maximum atomic E-state index is 12.6. The first-order chi connectivity index (χ1) is 10.6. The van der Waals surface area contributed by atoms with E-state index in [0.29, 0.717) is 10.8 Å². The molecule has 2 heterocycles. The Bertz CT molecular complexity index is 722. The molecule has 3 rings (SSSR count). The Hall–Kier alpha value is -1.59. The molecule has 0 N–H and O–H groups in total. The largest absolute Gasteiger partial charge is 0.306 e. The first-order valence-corrected chi connectivity index (χ1v) is 9.18. The predicted octanol–water partition coefficient (Wildman–Crippen LogP) is 2.92. The summed E-state index contributed by atoms with van der Waals surface area (Å²) in [5.41, 5.74) is 1.13. The van der Waals surface area contributed by atoms with Crippen LogP contribution >= 0.6 is 0 Å². The molecule has 1 aliphatic heterocycles. The second-order valence-electron chi connectivity index (χ2n) is 6.02. The van der Waals surface area contributed by atoms with Gasteiger partial charge in [-0.25, -0.2) is 12.4 Å². The summed E-state index contributed by atoms with van der Waals surface area (Å²) in [4.78, 5) is 2.68. The highest BCUT2D eigenvalue weighted by molar-refractivity contribution is 7.90. The van der Waals surface area contributed by atoms with E-state index in [1.165, 1.54) is 3.97 Å². The van der Waals surface area contributed by atoms with Gasteiger partial charge in [0.25, 0.3) is 10.0 Å². The summed E-state index contributed by atoms with van der Waals surface area (Å²) in [6.45, 7) is 2.20. The van der Waals surface area contributed by atoms with Crippen LogP contribution in [0.4, 0.5) is 0 Å². The minimum atomic E-state index is -3.47. The van der Waals surface area contributed by atoms with E-state index in [-0.39, 0.29) is 0 Å². The van der Waals surface area contributed by atoms with E-state index in [0.717, 1.165) is 37.9 Å². The van der Waals surface area contributed by atoms with Crippen LogP contribution in [0.3, 0.4) is 0 Å². The van der Waals surface area contributed by atoms with Crippen molar-refractivity contribution < 1.29 is 8.42 Å². The van der Waals surface area contributed by atoms with Crippen LogP contribution in [0.2, 0.25) is 0 Å². The molecular formula is C17H22N2O2S. The molecule has 0 bridgehead atoms. The smallest absolute Gasteiger partial charge is 0.267 e. The molecule has 22 heavy (non-hydrogen) atoms. The third kappa shape index (κ3) is 3.10. The normalized spacial score (nSPS) is 20.7. The minimum Gasteiger partial charge on any atom is -0.306 e. The summed E-state index contributed by atoms with van der Waals surface area (Å²) in [6, 6.07) is 10.5. The van der Waals surface area contributed by atoms with E-state index in [1.54, 1.807) is 36.7 Å². The highest BCUT2D eigenvalue weighted by Gasteiger charge is 2.21. The Kier molecular flexibility index (Phi) is 4.36. The molecule has 1 fully saturated rings. The molecule has 0 spiro atoms. The Morgan fingerprint density at radius 3 is 2.59 bits per heavy atom. The molecule has 4 nitrogen and oxygen atoms in total. The van der Waals surface area contributed by atoms with Gasteiger partial charge in [-0.3, -0.25) is 0 Å². The van der Waals surface area contributed by atoms with E-state index < -0.39 is 10.0 Å². The van der Waals surface area contributed by atoms with E-state index in [9.17, 15) is 8.42 Å². The molecule has 0 aliphatic carbocycles. The standard InChI is InChI=1S/C17H22N2O2S/c1-18-11-5-6-15(9-12-18)16-10-13-19(14-16)22(20,21)17-7-3-2-4-8-17/h2-4,7-8,10,13-15H,5-6,9,11-12H2,1H3. The zero-order valence-electron chi connectivity index (χ0n) is 12.9. The number of nitrogens with zero attached hydrogens (tertiary/aromatic N) is 2. The zero-order valence-corrected chi connectivity index (χ0v) is 13.7. The monoisotopic (exact) mass is 318 g/mol. The fraction of sp³-hybridized carbons (Fsp3) is 0.412. The number of hydrogen-bond acceptors (Lipinski definition) is 3. The molecule has 0 amide bonds. The van der Waals surface area contributed by atoms with Gasteiger partial charge in [0.2, 0.25) is 0 Å². The summed E-state index contributed by atoms with van der Waals surface area (Å²) >= 11 is 0. The van der Waals surface area contributed by atoms with Gasteiger partial charge in [0.1, 0.15) is 0 Å². The van der Waals surface area contributed by atoms with Crippen LogP contribution in [0.15, 0.2) is 53.7 Å². The molecule has 1 aromatic heterocycles. The van der Waals surface area contributed by atoms with E-state index in [4.69, 9.17) is 0 Å². The Labute approximate surface area is 132 Å². The van der Waals surface area contributed by atoms with E-state index >= 15 is 0 Å². The first kappa shape index (κ1) is 15.3. The number of benzene rings is 1. The van der Waals surface area contributed by atoms with Crippen molar-refractivity contribution in [2.24, 2.45) is 0 Å². The van der Waals surface area contributed by atoms with Crippen LogP contribution in [0.5, 0.6) is 0 Å². The van der Waals surface area contributed by atoms with Crippen molar-refractivity contribution in [3.63, 3.8) is 0 Å². The topological polar surface area (TPSA) is 42.3 Å². The summed E-state index contributed by atoms with van der Waals surface area (Å²) in [5.74, 6) is 0.456. The lowest BCUT2D eigenvalue weighted by molar-refractivity contribution is 0.347. The number of hydrogen-bond donors (Lipinski definition) is 0. The van der Waals surface area contributed by atoms with Gasteiger partial charge >= 0.3 is 0 Å². The van der Waals surface area contributed by atoms with Crippen LogP contribution in [0.25, 0.3) is 0 Å². The first-order valence-electron chi connectivity index (χ1n) is 7.74. The Balaban J connectivity index is 1.85. The van der Waals surface area contributed by atoms with Gasteiger partial charge in [-0.2, -0.15) is 0 Å². The molecular weight excluding hydrogens is 296 g/mol. The fourth-order valence-corrected chi connectivity index (χ4v) is 4.30. The predicted molar refractivity (Wildman–Crippen MR) is 87.5 cm³/mol. The number of aromatic nitrogens is 1. The van der Waals surface area contributed by atoms with Crippen molar-refractivity contribution in [2.75, 3.05) is 20.1 Å². The van der Waals surface area contributed by atoms with Crippen LogP contribution in [0, 0.1) is 0 Å². The SMILES string of the molecule is CN1CCCC(c2ccn(S(=O)(=O)c3ccccc3)c2)CC1. The van der Waals surface area contributed by atoms with Crippen LogP contribution in [-0.4, -0.2) is 37.4 Å². The van der Waals surface area contributed by atoms with Crippen LogP contribution < -0.4 is 0 Å². The van der Waals surface area contributed by atoms with Crippen molar-refractivity contribution in [3.8, 4) is 0 Å². The van der Waals surface area contributed by atoms with Gasteiger partial charge in [-0.1, -0.05) is 18.2 Å². The average molecular weight is 318 g/mol. The molecule has 1 aliphatic rings. The highest BCUT2D eigenvalue weighted by atomic mass is 32.2. The zero-order chi connectivity index (χ0) is 15.6. The Morgan fingerprint density at radius 2 is 1.82 bits per heavy atom. The summed E-state index contributed by atoms with van der Waals surface area (Å²) < 4.78 is 26.6. The highest BCUT2D eigenvalue weighted by Crippen LogP contribution is 2.29. The lowest BCUT2D eigenvalue weighted by Gasteiger charge is -2.13. The lowest BCUT2D eigenvalue weighted by Crippen LogP contribution is -2.18. The van der Waals surface area contributed by atoms with Gasteiger partial charge in [0, 0.05) is 12.4 Å². The second-order valence-corrected chi connectivity index (χ2v) is 7.87.